The fourth-order valence-corrected chi connectivity index (χ4v) is 5.05. The average Bonchev–Trinajstić information content (AvgIpc) is 3.27. The van der Waals surface area contributed by atoms with Crippen molar-refractivity contribution in [2.45, 2.75) is 45.1 Å². The number of aryl methyl sites for hydroxylation is 1. The van der Waals surface area contributed by atoms with Gasteiger partial charge in [0, 0.05) is 31.5 Å². The maximum Gasteiger partial charge on any atom is 0.171 e. The van der Waals surface area contributed by atoms with E-state index in [0.29, 0.717) is 12.6 Å². The number of fused-ring (bicyclic) bond motifs is 1. The Morgan fingerprint density at radius 3 is 2.91 bits per heavy atom. The van der Waals surface area contributed by atoms with E-state index in [9.17, 15) is 0 Å². The lowest BCUT2D eigenvalue weighted by atomic mass is 9.97. The number of benzene rings is 1. The highest BCUT2D eigenvalue weighted by molar-refractivity contribution is 6.02. The van der Waals surface area contributed by atoms with Gasteiger partial charge in [0.05, 0.1) is 30.9 Å². The second-order valence-electron chi connectivity index (χ2n) is 9.15. The normalized spacial score (nSPS) is 22.1. The van der Waals surface area contributed by atoms with Gasteiger partial charge in [-0.05, 0) is 68.4 Å². The largest absolute Gasteiger partial charge is 0.495 e. The zero-order valence-corrected chi connectivity index (χ0v) is 19.7. The van der Waals surface area contributed by atoms with Gasteiger partial charge in [-0.3, -0.25) is 0 Å². The van der Waals surface area contributed by atoms with Gasteiger partial charge in [-0.1, -0.05) is 17.8 Å². The van der Waals surface area contributed by atoms with Crippen LogP contribution in [-0.4, -0.2) is 64.6 Å². The molecule has 5 rings (SSSR count). The Kier molecular flexibility index (Phi) is 6.11. The number of hydrogen-bond acceptors (Lipinski definition) is 6. The van der Waals surface area contributed by atoms with E-state index >= 15 is 0 Å². The number of allylic oxidation sites excluding steroid dienone is 1. The second-order valence-corrected chi connectivity index (χ2v) is 9.15. The minimum atomic E-state index is 0.303. The number of aromatic nitrogens is 2. The molecule has 174 valence electrons. The van der Waals surface area contributed by atoms with Crippen molar-refractivity contribution in [3.05, 3.63) is 59.8 Å². The number of hydrogen-bond donors (Lipinski definition) is 0. The number of oxime groups is 1. The number of rotatable bonds is 5. The molecule has 0 unspecified atom stereocenters. The fraction of sp³-hybridized carbons (Fsp3) is 0.462. The van der Waals surface area contributed by atoms with Crippen LogP contribution in [0.2, 0.25) is 0 Å². The molecule has 2 fully saturated rings. The molecule has 4 heterocycles. The van der Waals surface area contributed by atoms with Gasteiger partial charge in [-0.2, -0.15) is 0 Å². The molecule has 1 aromatic heterocycles. The zero-order chi connectivity index (χ0) is 22.8. The lowest BCUT2D eigenvalue weighted by Gasteiger charge is -2.43. The third kappa shape index (κ3) is 4.49. The standard InChI is InChI=1S/C26H33N5O2/c1-19-15-30(18-27-19)24-10-9-21(14-25(24)32-3)13-22-8-6-12-31-23(17-33-28-26(22)31)16-29-11-5-4-7-20(29)2/h9-10,13-15,18,23H,2,4-8,11-12,16-17H2,1,3H3/b22-13+/t23-/m0/s1. The summed E-state index contributed by atoms with van der Waals surface area (Å²) in [4.78, 5) is 15.0. The van der Waals surface area contributed by atoms with E-state index in [4.69, 9.17) is 9.57 Å². The Morgan fingerprint density at radius 2 is 2.12 bits per heavy atom. The summed E-state index contributed by atoms with van der Waals surface area (Å²) < 4.78 is 7.69. The first kappa shape index (κ1) is 21.6. The maximum atomic E-state index is 5.73. The molecule has 33 heavy (non-hydrogen) atoms. The quantitative estimate of drug-likeness (QED) is 0.681. The number of amidine groups is 1. The first-order chi connectivity index (χ1) is 16.1. The molecule has 1 aromatic carbocycles. The molecule has 0 spiro atoms. The van der Waals surface area contributed by atoms with Crippen molar-refractivity contribution in [1.29, 1.82) is 0 Å². The summed E-state index contributed by atoms with van der Waals surface area (Å²) in [5.74, 6) is 1.80. The van der Waals surface area contributed by atoms with Crippen molar-refractivity contribution in [2.75, 3.05) is 33.4 Å². The lowest BCUT2D eigenvalue weighted by molar-refractivity contribution is 0.0434. The minimum Gasteiger partial charge on any atom is -0.495 e. The van der Waals surface area contributed by atoms with E-state index in [1.807, 2.05) is 24.0 Å². The summed E-state index contributed by atoms with van der Waals surface area (Å²) in [5.41, 5.74) is 5.53. The predicted molar refractivity (Wildman–Crippen MR) is 131 cm³/mol. The second kappa shape index (κ2) is 9.33. The van der Waals surface area contributed by atoms with E-state index in [2.05, 4.69) is 50.8 Å². The third-order valence-electron chi connectivity index (χ3n) is 6.82. The van der Waals surface area contributed by atoms with Crippen LogP contribution in [0, 0.1) is 6.92 Å². The Hall–Kier alpha value is -3.22. The van der Waals surface area contributed by atoms with Gasteiger partial charge in [0.1, 0.15) is 12.4 Å². The van der Waals surface area contributed by atoms with Crippen LogP contribution in [0.4, 0.5) is 0 Å². The van der Waals surface area contributed by atoms with E-state index in [1.54, 1.807) is 7.11 Å². The van der Waals surface area contributed by atoms with Crippen molar-refractivity contribution in [1.82, 2.24) is 19.4 Å². The number of piperidine rings is 2. The van der Waals surface area contributed by atoms with Gasteiger partial charge in [-0.15, -0.1) is 0 Å². The van der Waals surface area contributed by atoms with Gasteiger partial charge >= 0.3 is 0 Å². The summed E-state index contributed by atoms with van der Waals surface area (Å²) in [6, 6.07) is 6.59. The van der Waals surface area contributed by atoms with Crippen LogP contribution < -0.4 is 4.74 Å². The molecule has 3 aliphatic heterocycles. The van der Waals surface area contributed by atoms with E-state index in [1.165, 1.54) is 24.1 Å². The van der Waals surface area contributed by atoms with Crippen LogP contribution in [0.3, 0.4) is 0 Å². The number of nitrogens with zero attached hydrogens (tertiary/aromatic N) is 5. The first-order valence-corrected chi connectivity index (χ1v) is 11.9. The fourth-order valence-electron chi connectivity index (χ4n) is 5.05. The van der Waals surface area contributed by atoms with E-state index in [-0.39, 0.29) is 0 Å². The van der Waals surface area contributed by atoms with Crippen molar-refractivity contribution in [2.24, 2.45) is 5.16 Å². The first-order valence-electron chi connectivity index (χ1n) is 11.9. The minimum absolute atomic E-state index is 0.303. The van der Waals surface area contributed by atoms with E-state index < -0.39 is 0 Å². The molecule has 3 aliphatic rings. The van der Waals surface area contributed by atoms with Crippen LogP contribution in [0.5, 0.6) is 5.75 Å². The Balaban J connectivity index is 1.37. The molecule has 2 aromatic rings. The van der Waals surface area contributed by atoms with Crippen molar-refractivity contribution in [3.63, 3.8) is 0 Å². The molecule has 7 heteroatoms. The highest BCUT2D eigenvalue weighted by Crippen LogP contribution is 2.30. The molecular weight excluding hydrogens is 414 g/mol. The summed E-state index contributed by atoms with van der Waals surface area (Å²) >= 11 is 0. The SMILES string of the molecule is C=C1CCCCN1C[C@H]1CON=C2/C(=C/c3ccc(-n4cnc(C)c4)c(OC)c3)CCCN21. The highest BCUT2D eigenvalue weighted by atomic mass is 16.6. The van der Waals surface area contributed by atoms with Crippen LogP contribution in [0.15, 0.2) is 53.7 Å². The van der Waals surface area contributed by atoms with E-state index in [0.717, 1.165) is 67.4 Å². The number of imidazole rings is 1. The molecule has 7 nitrogen and oxygen atoms in total. The van der Waals surface area contributed by atoms with Gasteiger partial charge in [-0.25, -0.2) is 4.98 Å². The number of ether oxygens (including phenoxy) is 1. The molecule has 0 radical (unpaired) electrons. The molecular formula is C26H33N5O2. The Labute approximate surface area is 196 Å². The van der Waals surface area contributed by atoms with Crippen LogP contribution >= 0.6 is 0 Å². The predicted octanol–water partition coefficient (Wildman–Crippen LogP) is 4.38. The molecule has 0 N–H and O–H groups in total. The van der Waals surface area contributed by atoms with Crippen LogP contribution in [0.1, 0.15) is 43.4 Å². The van der Waals surface area contributed by atoms with Crippen molar-refractivity contribution in [3.8, 4) is 11.4 Å². The van der Waals surface area contributed by atoms with Gasteiger partial charge in [0.15, 0.2) is 5.84 Å². The molecule has 0 aliphatic carbocycles. The summed E-state index contributed by atoms with van der Waals surface area (Å²) in [6.07, 6.45) is 11.8. The monoisotopic (exact) mass is 447 g/mol. The Bertz CT molecular complexity index is 1090. The maximum absolute atomic E-state index is 5.73. The van der Waals surface area contributed by atoms with Gasteiger partial charge in [0.25, 0.3) is 0 Å². The van der Waals surface area contributed by atoms with Gasteiger partial charge in [0.2, 0.25) is 0 Å². The zero-order valence-electron chi connectivity index (χ0n) is 19.7. The van der Waals surface area contributed by atoms with Crippen LogP contribution in [0.25, 0.3) is 11.8 Å². The van der Waals surface area contributed by atoms with Crippen molar-refractivity contribution < 1.29 is 9.57 Å². The molecule has 2 saturated heterocycles. The summed E-state index contributed by atoms with van der Waals surface area (Å²) in [7, 11) is 1.71. The Morgan fingerprint density at radius 1 is 1.21 bits per heavy atom. The number of likely N-dealkylation sites (tertiary alicyclic amines) is 1. The summed E-state index contributed by atoms with van der Waals surface area (Å²) in [5, 5.41) is 4.49. The molecule has 0 amide bonds. The van der Waals surface area contributed by atoms with Crippen molar-refractivity contribution >= 4 is 11.9 Å². The molecule has 0 bridgehead atoms. The molecule has 1 atom stereocenters. The number of methoxy groups -OCH3 is 1. The third-order valence-corrected chi connectivity index (χ3v) is 6.82. The topological polar surface area (TPSA) is 55.1 Å². The van der Waals surface area contributed by atoms with Crippen LogP contribution in [-0.2, 0) is 4.84 Å². The smallest absolute Gasteiger partial charge is 0.171 e. The van der Waals surface area contributed by atoms with Gasteiger partial charge < -0.3 is 23.9 Å². The highest BCUT2D eigenvalue weighted by Gasteiger charge is 2.33. The lowest BCUT2D eigenvalue weighted by Crippen LogP contribution is -2.53. The molecule has 0 saturated carbocycles. The average molecular weight is 448 g/mol. The summed E-state index contributed by atoms with van der Waals surface area (Å²) in [6.45, 7) is 9.98.